The van der Waals surface area contributed by atoms with Crippen LogP contribution in [0.2, 0.25) is 0 Å². The van der Waals surface area contributed by atoms with E-state index >= 15 is 0 Å². The van der Waals surface area contributed by atoms with E-state index < -0.39 is 12.6 Å². The van der Waals surface area contributed by atoms with Crippen molar-refractivity contribution in [3.05, 3.63) is 65.5 Å². The average molecular weight is 352 g/mol. The Morgan fingerprint density at radius 2 is 1.96 bits per heavy atom. The monoisotopic (exact) mass is 352 g/mol. The number of anilines is 1. The summed E-state index contributed by atoms with van der Waals surface area (Å²) in [6.45, 7) is -0.469. The minimum absolute atomic E-state index is 0.460. The molecule has 0 fully saturated rings. The summed E-state index contributed by atoms with van der Waals surface area (Å²) in [5.41, 5.74) is 5.70. The third-order valence-electron chi connectivity index (χ3n) is 3.18. The molecular weight excluding hydrogens is 338 g/mol. The zero-order valence-electron chi connectivity index (χ0n) is 13.1. The maximum Gasteiger partial charge on any atom is 0.203 e. The topological polar surface area (TPSA) is 86.6 Å². The fraction of sp³-hybridized carbons (Fsp3) is 0.0556. The van der Waals surface area contributed by atoms with E-state index in [1.165, 1.54) is 11.3 Å². The lowest BCUT2D eigenvalue weighted by Crippen LogP contribution is -2.28. The van der Waals surface area contributed by atoms with Gasteiger partial charge in [0.2, 0.25) is 5.13 Å². The third-order valence-corrected chi connectivity index (χ3v) is 3.93. The van der Waals surface area contributed by atoms with Crippen LogP contribution in [0.15, 0.2) is 65.1 Å². The first-order chi connectivity index (χ1) is 12.2. The van der Waals surface area contributed by atoms with Gasteiger partial charge in [-0.1, -0.05) is 30.3 Å². The number of aromatic nitrogens is 1. The standard InChI is InChI=1S/C18H15N3O3S/c22-17(23)11-24-15-8-6-13(7-9-15)10-19-21-18-20-16(12-25-18)14-4-2-1-3-5-14/h1-10,12H,11H2,(H,20,21)(H,22,23)/p-1/b19-10-. The zero-order chi connectivity index (χ0) is 17.5. The lowest BCUT2D eigenvalue weighted by atomic mass is 10.2. The second kappa shape index (κ2) is 8.07. The number of benzene rings is 2. The number of aliphatic carboxylic acids is 1. The van der Waals surface area contributed by atoms with Gasteiger partial charge in [-0.25, -0.2) is 4.98 Å². The molecule has 0 bridgehead atoms. The van der Waals surface area contributed by atoms with Gasteiger partial charge in [0.1, 0.15) is 12.4 Å². The molecule has 0 unspecified atom stereocenters. The number of carboxylic acid groups (broad SMARTS) is 1. The maximum absolute atomic E-state index is 10.3. The Balaban J connectivity index is 1.56. The zero-order valence-corrected chi connectivity index (χ0v) is 13.9. The predicted molar refractivity (Wildman–Crippen MR) is 95.7 cm³/mol. The summed E-state index contributed by atoms with van der Waals surface area (Å²) in [6, 6.07) is 16.8. The van der Waals surface area contributed by atoms with Gasteiger partial charge in [-0.15, -0.1) is 11.3 Å². The van der Waals surface area contributed by atoms with Crippen LogP contribution in [0, 0.1) is 0 Å². The quantitative estimate of drug-likeness (QED) is 0.521. The van der Waals surface area contributed by atoms with Crippen molar-refractivity contribution in [1.29, 1.82) is 0 Å². The van der Waals surface area contributed by atoms with Gasteiger partial charge < -0.3 is 14.6 Å². The van der Waals surface area contributed by atoms with Crippen LogP contribution in [0.3, 0.4) is 0 Å². The van der Waals surface area contributed by atoms with Gasteiger partial charge in [0.15, 0.2) is 0 Å². The van der Waals surface area contributed by atoms with Gasteiger partial charge in [-0.2, -0.15) is 5.10 Å². The molecule has 0 atom stereocenters. The highest BCUT2D eigenvalue weighted by molar-refractivity contribution is 7.14. The van der Waals surface area contributed by atoms with Crippen LogP contribution in [0.4, 0.5) is 5.13 Å². The minimum atomic E-state index is -1.26. The van der Waals surface area contributed by atoms with Crippen molar-refractivity contribution in [2.45, 2.75) is 0 Å². The third kappa shape index (κ3) is 4.89. The first-order valence-corrected chi connectivity index (χ1v) is 8.31. The lowest BCUT2D eigenvalue weighted by molar-refractivity contribution is -0.307. The SMILES string of the molecule is O=C([O-])COc1ccc(/C=N\Nc2nc(-c3ccccc3)cs2)cc1. The second-order valence-electron chi connectivity index (χ2n) is 5.00. The lowest BCUT2D eigenvalue weighted by Gasteiger charge is -2.06. The van der Waals surface area contributed by atoms with E-state index in [1.807, 2.05) is 35.7 Å². The van der Waals surface area contributed by atoms with Crippen molar-refractivity contribution in [3.8, 4) is 17.0 Å². The van der Waals surface area contributed by atoms with Crippen LogP contribution in [-0.4, -0.2) is 23.8 Å². The number of carboxylic acids is 1. The average Bonchev–Trinajstić information content (AvgIpc) is 3.11. The minimum Gasteiger partial charge on any atom is -0.546 e. The highest BCUT2D eigenvalue weighted by atomic mass is 32.1. The molecule has 6 nitrogen and oxygen atoms in total. The Hall–Kier alpha value is -3.19. The molecule has 2 aromatic carbocycles. The van der Waals surface area contributed by atoms with E-state index in [9.17, 15) is 9.90 Å². The van der Waals surface area contributed by atoms with Crippen LogP contribution in [-0.2, 0) is 4.79 Å². The fourth-order valence-electron chi connectivity index (χ4n) is 2.02. The predicted octanol–water partition coefficient (Wildman–Crippen LogP) is 2.38. The van der Waals surface area contributed by atoms with Gasteiger partial charge >= 0.3 is 0 Å². The second-order valence-corrected chi connectivity index (χ2v) is 5.86. The molecule has 0 saturated carbocycles. The highest BCUT2D eigenvalue weighted by Gasteiger charge is 2.02. The molecule has 1 N–H and O–H groups in total. The first kappa shape index (κ1) is 16.7. The number of hydrazone groups is 1. The molecule has 0 aliphatic heterocycles. The van der Waals surface area contributed by atoms with Gasteiger partial charge in [0.05, 0.1) is 17.9 Å². The summed E-state index contributed by atoms with van der Waals surface area (Å²) >= 11 is 1.47. The molecule has 1 aromatic heterocycles. The number of thiazole rings is 1. The molecule has 1 heterocycles. The van der Waals surface area contributed by atoms with Crippen LogP contribution in [0.5, 0.6) is 5.75 Å². The van der Waals surface area contributed by atoms with E-state index in [4.69, 9.17) is 4.74 Å². The number of nitrogens with zero attached hydrogens (tertiary/aromatic N) is 2. The number of ether oxygens (including phenoxy) is 1. The van der Waals surface area contributed by atoms with E-state index in [0.717, 1.165) is 16.8 Å². The Morgan fingerprint density at radius 1 is 1.20 bits per heavy atom. The van der Waals surface area contributed by atoms with Crippen LogP contribution >= 0.6 is 11.3 Å². The summed E-state index contributed by atoms with van der Waals surface area (Å²) in [7, 11) is 0. The van der Waals surface area contributed by atoms with E-state index in [2.05, 4.69) is 15.5 Å². The molecule has 3 aromatic rings. The van der Waals surface area contributed by atoms with Crippen molar-refractivity contribution < 1.29 is 14.6 Å². The van der Waals surface area contributed by atoms with E-state index in [1.54, 1.807) is 30.5 Å². The fourth-order valence-corrected chi connectivity index (χ4v) is 2.69. The summed E-state index contributed by atoms with van der Waals surface area (Å²) in [5.74, 6) is -0.796. The van der Waals surface area contributed by atoms with Gasteiger partial charge in [-0.3, -0.25) is 5.43 Å². The van der Waals surface area contributed by atoms with Crippen molar-refractivity contribution in [2.24, 2.45) is 5.10 Å². The number of carbonyl (C=O) groups excluding carboxylic acids is 1. The number of hydrogen-bond donors (Lipinski definition) is 1. The normalized spacial score (nSPS) is 10.7. The van der Waals surface area contributed by atoms with Crippen LogP contribution < -0.4 is 15.3 Å². The molecule has 0 radical (unpaired) electrons. The summed E-state index contributed by atoms with van der Waals surface area (Å²) in [4.78, 5) is 14.8. The molecule has 0 aliphatic carbocycles. The van der Waals surface area contributed by atoms with Crippen molar-refractivity contribution in [1.82, 2.24) is 4.98 Å². The molecule has 0 saturated heterocycles. The number of carbonyl (C=O) groups is 1. The molecule has 0 spiro atoms. The summed E-state index contributed by atoms with van der Waals surface area (Å²) in [6.07, 6.45) is 1.64. The molecule has 126 valence electrons. The van der Waals surface area contributed by atoms with Crippen LogP contribution in [0.1, 0.15) is 5.56 Å². The van der Waals surface area contributed by atoms with Crippen LogP contribution in [0.25, 0.3) is 11.3 Å². The van der Waals surface area contributed by atoms with Crippen molar-refractivity contribution >= 4 is 28.7 Å². The van der Waals surface area contributed by atoms with Gasteiger partial charge in [0.25, 0.3) is 0 Å². The van der Waals surface area contributed by atoms with Gasteiger partial charge in [0, 0.05) is 10.9 Å². The first-order valence-electron chi connectivity index (χ1n) is 7.43. The van der Waals surface area contributed by atoms with Crippen molar-refractivity contribution in [2.75, 3.05) is 12.0 Å². The largest absolute Gasteiger partial charge is 0.546 e. The molecular formula is C18H14N3O3S-. The smallest absolute Gasteiger partial charge is 0.203 e. The molecule has 0 aliphatic rings. The van der Waals surface area contributed by atoms with Gasteiger partial charge in [-0.05, 0) is 29.8 Å². The maximum atomic E-state index is 10.3. The summed E-state index contributed by atoms with van der Waals surface area (Å²) < 4.78 is 5.01. The summed E-state index contributed by atoms with van der Waals surface area (Å²) in [5, 5.41) is 17.2. The number of hydrogen-bond acceptors (Lipinski definition) is 7. The molecule has 0 amide bonds. The van der Waals surface area contributed by atoms with E-state index in [-0.39, 0.29) is 0 Å². The molecule has 7 heteroatoms. The molecule has 25 heavy (non-hydrogen) atoms. The Morgan fingerprint density at radius 3 is 2.68 bits per heavy atom. The number of nitrogens with one attached hydrogen (secondary N) is 1. The Bertz CT molecular complexity index is 861. The Kier molecular flexibility index (Phi) is 5.38. The van der Waals surface area contributed by atoms with E-state index in [0.29, 0.717) is 10.9 Å². The Labute approximate surface area is 148 Å². The highest BCUT2D eigenvalue weighted by Crippen LogP contribution is 2.24. The number of rotatable bonds is 7. The van der Waals surface area contributed by atoms with Crippen molar-refractivity contribution in [3.63, 3.8) is 0 Å². The molecule has 3 rings (SSSR count).